The highest BCUT2D eigenvalue weighted by Crippen LogP contribution is 2.24. The number of carbonyl (C=O) groups is 3. The fourth-order valence-electron chi connectivity index (χ4n) is 4.13. The van der Waals surface area contributed by atoms with Crippen molar-refractivity contribution in [3.63, 3.8) is 0 Å². The van der Waals surface area contributed by atoms with Gasteiger partial charge in [0.05, 0.1) is 12.5 Å². The van der Waals surface area contributed by atoms with Gasteiger partial charge in [0.2, 0.25) is 17.7 Å². The molecule has 39 heavy (non-hydrogen) atoms. The summed E-state index contributed by atoms with van der Waals surface area (Å²) in [6.07, 6.45) is 0.769. The van der Waals surface area contributed by atoms with Crippen molar-refractivity contribution in [2.75, 3.05) is 26.2 Å². The average molecular weight is 551 g/mol. The van der Waals surface area contributed by atoms with Crippen molar-refractivity contribution in [1.82, 2.24) is 15.5 Å². The third kappa shape index (κ3) is 9.60. The van der Waals surface area contributed by atoms with Crippen LogP contribution in [0.3, 0.4) is 0 Å². The summed E-state index contributed by atoms with van der Waals surface area (Å²) in [5.41, 5.74) is 20.3. The van der Waals surface area contributed by atoms with Gasteiger partial charge in [0.15, 0.2) is 0 Å². The number of benzene rings is 2. The highest BCUT2D eigenvalue weighted by atomic mass is 32.1. The Bertz CT molecular complexity index is 1170. The molecule has 2 aromatic carbocycles. The van der Waals surface area contributed by atoms with E-state index in [1.807, 2.05) is 66.0 Å². The number of nitrogens with zero attached hydrogens (tertiary/aromatic N) is 1. The lowest BCUT2D eigenvalue weighted by molar-refractivity contribution is -0.135. The number of hydrogen-bond acceptors (Lipinski definition) is 7. The first-order chi connectivity index (χ1) is 18.9. The van der Waals surface area contributed by atoms with E-state index < -0.39 is 18.0 Å². The predicted octanol–water partition coefficient (Wildman–Crippen LogP) is 1.61. The summed E-state index contributed by atoms with van der Waals surface area (Å²) in [5, 5.41) is 7.73. The molecule has 0 spiro atoms. The Morgan fingerprint density at radius 2 is 1.54 bits per heavy atom. The molecule has 1 heterocycles. The normalized spacial score (nSPS) is 12.4. The van der Waals surface area contributed by atoms with Gasteiger partial charge in [0.25, 0.3) is 0 Å². The van der Waals surface area contributed by atoms with E-state index in [2.05, 4.69) is 16.7 Å². The summed E-state index contributed by atoms with van der Waals surface area (Å²) in [5.74, 6) is -1.17. The lowest BCUT2D eigenvalue weighted by Gasteiger charge is -2.24. The van der Waals surface area contributed by atoms with Crippen molar-refractivity contribution >= 4 is 29.1 Å². The Balaban J connectivity index is 1.61. The van der Waals surface area contributed by atoms with Crippen molar-refractivity contribution in [2.24, 2.45) is 17.2 Å². The van der Waals surface area contributed by atoms with E-state index in [0.29, 0.717) is 32.5 Å². The van der Waals surface area contributed by atoms with E-state index in [-0.39, 0.29) is 31.3 Å². The van der Waals surface area contributed by atoms with Gasteiger partial charge in [0.1, 0.15) is 6.04 Å². The molecule has 208 valence electrons. The molecule has 0 radical (unpaired) electrons. The molecule has 0 saturated carbocycles. The van der Waals surface area contributed by atoms with Gasteiger partial charge < -0.3 is 32.7 Å². The smallest absolute Gasteiger partial charge is 0.242 e. The van der Waals surface area contributed by atoms with Crippen LogP contribution in [0.2, 0.25) is 0 Å². The van der Waals surface area contributed by atoms with Crippen molar-refractivity contribution in [3.05, 3.63) is 83.2 Å². The predicted molar refractivity (Wildman–Crippen MR) is 156 cm³/mol. The Morgan fingerprint density at radius 1 is 0.846 bits per heavy atom. The fourth-order valence-corrected chi connectivity index (χ4v) is 4.86. The molecule has 8 N–H and O–H groups in total. The van der Waals surface area contributed by atoms with Crippen LogP contribution in [-0.2, 0) is 27.3 Å². The largest absolute Gasteiger partial charge is 0.350 e. The number of nitrogens with two attached hydrogens (primary N) is 3. The topological polar surface area (TPSA) is 157 Å². The SMILES string of the molecule is NCCN(CCN)C(=O)CC(N)C(=O)NC(CCc1ccccc1)C(=O)NCc1ccc(-c2cccs2)cc1. The molecule has 3 rings (SSSR count). The van der Waals surface area contributed by atoms with E-state index in [0.717, 1.165) is 16.7 Å². The van der Waals surface area contributed by atoms with Crippen molar-refractivity contribution in [3.8, 4) is 10.4 Å². The molecule has 3 aromatic rings. The Morgan fingerprint density at radius 3 is 2.15 bits per heavy atom. The maximum Gasteiger partial charge on any atom is 0.242 e. The zero-order valence-electron chi connectivity index (χ0n) is 22.1. The summed E-state index contributed by atoms with van der Waals surface area (Å²) in [6.45, 7) is 1.55. The van der Waals surface area contributed by atoms with Gasteiger partial charge in [0, 0.05) is 37.6 Å². The third-order valence-electron chi connectivity index (χ3n) is 6.31. The number of hydrogen-bond donors (Lipinski definition) is 5. The minimum absolute atomic E-state index is 0.199. The second-order valence-corrected chi connectivity index (χ2v) is 10.2. The van der Waals surface area contributed by atoms with Crippen LogP contribution in [0.25, 0.3) is 10.4 Å². The quantitative estimate of drug-likeness (QED) is 0.194. The van der Waals surface area contributed by atoms with Gasteiger partial charge in [-0.1, -0.05) is 60.7 Å². The minimum atomic E-state index is -1.10. The molecule has 1 aromatic heterocycles. The second-order valence-electron chi connectivity index (χ2n) is 9.25. The molecule has 0 aliphatic heterocycles. The van der Waals surface area contributed by atoms with E-state index in [1.54, 1.807) is 11.3 Å². The lowest BCUT2D eigenvalue weighted by atomic mass is 10.0. The highest BCUT2D eigenvalue weighted by Gasteiger charge is 2.26. The molecule has 10 heteroatoms. The summed E-state index contributed by atoms with van der Waals surface area (Å²) in [4.78, 5) is 41.4. The van der Waals surface area contributed by atoms with E-state index >= 15 is 0 Å². The number of carbonyl (C=O) groups excluding carboxylic acids is 3. The number of rotatable bonds is 15. The van der Waals surface area contributed by atoms with E-state index in [9.17, 15) is 14.4 Å². The zero-order chi connectivity index (χ0) is 28.0. The number of thiophene rings is 1. The Labute approximate surface area is 233 Å². The lowest BCUT2D eigenvalue weighted by Crippen LogP contribution is -2.53. The molecular weight excluding hydrogens is 512 g/mol. The van der Waals surface area contributed by atoms with E-state index in [4.69, 9.17) is 17.2 Å². The van der Waals surface area contributed by atoms with Crippen LogP contribution in [0, 0.1) is 0 Å². The first-order valence-corrected chi connectivity index (χ1v) is 14.0. The maximum atomic E-state index is 13.2. The molecule has 3 amide bonds. The van der Waals surface area contributed by atoms with Crippen LogP contribution in [-0.4, -0.2) is 60.9 Å². The van der Waals surface area contributed by atoms with Crippen LogP contribution < -0.4 is 27.8 Å². The third-order valence-corrected chi connectivity index (χ3v) is 7.22. The zero-order valence-corrected chi connectivity index (χ0v) is 22.9. The van der Waals surface area contributed by atoms with Crippen LogP contribution >= 0.6 is 11.3 Å². The van der Waals surface area contributed by atoms with Gasteiger partial charge in [-0.05, 0) is 41.0 Å². The summed E-state index contributed by atoms with van der Waals surface area (Å²) >= 11 is 1.67. The Kier molecular flexibility index (Phi) is 12.1. The second kappa shape index (κ2) is 15.7. The number of amides is 3. The van der Waals surface area contributed by atoms with Crippen LogP contribution in [0.15, 0.2) is 72.1 Å². The van der Waals surface area contributed by atoms with Crippen molar-refractivity contribution in [2.45, 2.75) is 37.9 Å². The van der Waals surface area contributed by atoms with Crippen LogP contribution in [0.5, 0.6) is 0 Å². The molecule has 2 atom stereocenters. The molecule has 0 fully saturated rings. The number of nitrogens with one attached hydrogen (secondary N) is 2. The van der Waals surface area contributed by atoms with E-state index in [1.165, 1.54) is 9.78 Å². The van der Waals surface area contributed by atoms with Crippen molar-refractivity contribution in [1.29, 1.82) is 0 Å². The summed E-state index contributed by atoms with van der Waals surface area (Å²) < 4.78 is 0. The van der Waals surface area contributed by atoms with Crippen LogP contribution in [0.1, 0.15) is 24.0 Å². The fraction of sp³-hybridized carbons (Fsp3) is 0.345. The summed E-state index contributed by atoms with van der Waals surface area (Å²) in [6, 6.07) is 19.9. The molecule has 9 nitrogen and oxygen atoms in total. The maximum absolute atomic E-state index is 13.2. The first kappa shape index (κ1) is 30.0. The van der Waals surface area contributed by atoms with Gasteiger partial charge in [-0.25, -0.2) is 0 Å². The number of aryl methyl sites for hydroxylation is 1. The highest BCUT2D eigenvalue weighted by molar-refractivity contribution is 7.13. The monoisotopic (exact) mass is 550 g/mol. The molecule has 2 unspecified atom stereocenters. The molecule has 0 saturated heterocycles. The minimum Gasteiger partial charge on any atom is -0.350 e. The molecule has 0 aliphatic rings. The van der Waals surface area contributed by atoms with Gasteiger partial charge in [-0.15, -0.1) is 11.3 Å². The van der Waals surface area contributed by atoms with Gasteiger partial charge in [-0.2, -0.15) is 0 Å². The molecule has 0 aliphatic carbocycles. The van der Waals surface area contributed by atoms with Crippen LogP contribution in [0.4, 0.5) is 0 Å². The average Bonchev–Trinajstić information content (AvgIpc) is 3.49. The van der Waals surface area contributed by atoms with Gasteiger partial charge in [-0.3, -0.25) is 14.4 Å². The van der Waals surface area contributed by atoms with Gasteiger partial charge >= 0.3 is 0 Å². The Hall–Kier alpha value is -3.57. The molecular formula is C29H38N6O3S. The first-order valence-electron chi connectivity index (χ1n) is 13.1. The standard InChI is InChI=1S/C29H38N6O3S/c30-14-16-35(17-15-31)27(36)19-24(32)28(37)34-25(13-10-21-5-2-1-3-6-21)29(38)33-20-22-8-11-23(12-9-22)26-7-4-18-39-26/h1-9,11-12,18,24-25H,10,13-17,19-20,30-32H2,(H,33,38)(H,34,37). The summed E-state index contributed by atoms with van der Waals surface area (Å²) in [7, 11) is 0. The molecule has 0 bridgehead atoms. The van der Waals surface area contributed by atoms with Crippen molar-refractivity contribution < 1.29 is 14.4 Å².